The van der Waals surface area contributed by atoms with E-state index in [1.165, 1.54) is 6.33 Å². The van der Waals surface area contributed by atoms with Crippen LogP contribution in [0, 0.1) is 0 Å². The second-order valence-electron chi connectivity index (χ2n) is 10.4. The molecule has 10 heteroatoms. The Morgan fingerprint density at radius 3 is 2.65 bits per heavy atom. The molecule has 0 spiro atoms. The first-order valence-corrected chi connectivity index (χ1v) is 12.9. The summed E-state index contributed by atoms with van der Waals surface area (Å²) in [5.41, 5.74) is 2.27. The third-order valence-corrected chi connectivity index (χ3v) is 7.85. The van der Waals surface area contributed by atoms with Gasteiger partial charge in [-0.15, -0.1) is 0 Å². The zero-order valence-corrected chi connectivity index (χ0v) is 20.6. The molecule has 1 aliphatic carbocycles. The Morgan fingerprint density at radius 2 is 2.00 bits per heavy atom. The summed E-state index contributed by atoms with van der Waals surface area (Å²) >= 11 is 0. The van der Waals surface area contributed by atoms with Crippen molar-refractivity contribution in [2.75, 3.05) is 13.1 Å². The Kier molecular flexibility index (Phi) is 5.21. The second kappa shape index (κ2) is 7.78. The number of hydrogen-bond acceptors (Lipinski definition) is 6. The molecule has 3 heterocycles. The van der Waals surface area contributed by atoms with E-state index in [1.54, 1.807) is 23.1 Å². The smallest absolute Gasteiger partial charge is 0.410 e. The van der Waals surface area contributed by atoms with Crippen LogP contribution >= 0.6 is 0 Å². The number of amides is 1. The lowest BCUT2D eigenvalue weighted by Gasteiger charge is -2.29. The fourth-order valence-electron chi connectivity index (χ4n) is 4.17. The predicted octanol–water partition coefficient (Wildman–Crippen LogP) is 3.97. The predicted molar refractivity (Wildman–Crippen MR) is 130 cm³/mol. The summed E-state index contributed by atoms with van der Waals surface area (Å²) in [5, 5.41) is 1.71. The van der Waals surface area contributed by atoms with E-state index in [-0.39, 0.29) is 16.5 Å². The van der Waals surface area contributed by atoms with Crippen LogP contribution < -0.4 is 4.72 Å². The fraction of sp³-hybridized carbons (Fsp3) is 0.458. The molecule has 0 atom stereocenters. The zero-order chi connectivity index (χ0) is 24.3. The Morgan fingerprint density at radius 1 is 1.24 bits per heavy atom. The third-order valence-electron chi connectivity index (χ3n) is 6.22. The number of benzene rings is 1. The largest absolute Gasteiger partial charge is 0.444 e. The molecule has 0 saturated heterocycles. The van der Waals surface area contributed by atoms with Crippen LogP contribution in [0.4, 0.5) is 4.79 Å². The maximum absolute atomic E-state index is 12.8. The van der Waals surface area contributed by atoms with Crippen molar-refractivity contribution in [2.45, 2.75) is 63.0 Å². The van der Waals surface area contributed by atoms with Gasteiger partial charge in [0.2, 0.25) is 10.0 Å². The maximum atomic E-state index is 12.8. The molecule has 3 aromatic rings. The average Bonchev–Trinajstić information content (AvgIpc) is 3.35. The van der Waals surface area contributed by atoms with E-state index in [0.29, 0.717) is 30.7 Å². The quantitative estimate of drug-likeness (QED) is 0.580. The number of nitrogens with one attached hydrogen (secondary N) is 2. The molecule has 34 heavy (non-hydrogen) atoms. The van der Waals surface area contributed by atoms with Crippen molar-refractivity contribution in [3.8, 4) is 0 Å². The van der Waals surface area contributed by atoms with Crippen LogP contribution in [0.3, 0.4) is 0 Å². The number of H-pyrrole nitrogens is 1. The highest BCUT2D eigenvalue weighted by atomic mass is 32.2. The summed E-state index contributed by atoms with van der Waals surface area (Å²) < 4.78 is 33.9. The average molecular weight is 484 g/mol. The van der Waals surface area contributed by atoms with Crippen molar-refractivity contribution in [3.05, 3.63) is 36.3 Å². The van der Waals surface area contributed by atoms with Gasteiger partial charge in [-0.05, 0) is 64.7 Å². The number of nitrogens with zero attached hydrogens (tertiary/aromatic N) is 3. The first-order valence-electron chi connectivity index (χ1n) is 11.4. The van der Waals surface area contributed by atoms with Crippen molar-refractivity contribution in [2.24, 2.45) is 0 Å². The molecular weight excluding hydrogens is 454 g/mol. The number of rotatable bonds is 4. The van der Waals surface area contributed by atoms with Crippen molar-refractivity contribution in [1.29, 1.82) is 0 Å². The molecule has 1 aliphatic heterocycles. The number of hydrogen-bond donors (Lipinski definition) is 2. The van der Waals surface area contributed by atoms with Gasteiger partial charge in [0.1, 0.15) is 17.6 Å². The van der Waals surface area contributed by atoms with Crippen LogP contribution in [0.25, 0.3) is 27.5 Å². The minimum atomic E-state index is -3.61. The number of carbonyl (C=O) groups excluding carboxylic acids is 1. The SMILES string of the molecule is CC1(NS(=O)(=O)c2ccc3c(c2)[nH]c2ncnc(C4=CCN(C(=O)OC(C)(C)C)CC4)c23)CC1. The molecule has 1 saturated carbocycles. The summed E-state index contributed by atoms with van der Waals surface area (Å²) in [7, 11) is -3.61. The van der Waals surface area contributed by atoms with Gasteiger partial charge in [-0.1, -0.05) is 12.1 Å². The lowest BCUT2D eigenvalue weighted by Crippen LogP contribution is -2.39. The van der Waals surface area contributed by atoms with Crippen molar-refractivity contribution in [1.82, 2.24) is 24.6 Å². The van der Waals surface area contributed by atoms with E-state index >= 15 is 0 Å². The van der Waals surface area contributed by atoms with Crippen LogP contribution in [0.1, 0.15) is 52.7 Å². The molecular formula is C24H29N5O4S. The van der Waals surface area contributed by atoms with E-state index in [1.807, 2.05) is 33.8 Å². The lowest BCUT2D eigenvalue weighted by molar-refractivity contribution is 0.0270. The molecule has 1 amide bonds. The highest BCUT2D eigenvalue weighted by Crippen LogP contribution is 2.37. The van der Waals surface area contributed by atoms with Crippen LogP contribution in [-0.4, -0.2) is 58.6 Å². The van der Waals surface area contributed by atoms with E-state index in [9.17, 15) is 13.2 Å². The fourth-order valence-corrected chi connectivity index (χ4v) is 5.66. The van der Waals surface area contributed by atoms with Gasteiger partial charge < -0.3 is 14.6 Å². The molecule has 5 rings (SSSR count). The highest BCUT2D eigenvalue weighted by Gasteiger charge is 2.41. The Hall–Kier alpha value is -2.98. The molecule has 180 valence electrons. The summed E-state index contributed by atoms with van der Waals surface area (Å²) in [4.78, 5) is 26.5. The number of ether oxygens (including phenoxy) is 1. The van der Waals surface area contributed by atoms with E-state index in [4.69, 9.17) is 4.74 Å². The molecule has 0 unspecified atom stereocenters. The first kappa shape index (κ1) is 22.8. The number of fused-ring (bicyclic) bond motifs is 3. The Labute approximate surface area is 198 Å². The van der Waals surface area contributed by atoms with Crippen LogP contribution in [-0.2, 0) is 14.8 Å². The van der Waals surface area contributed by atoms with Gasteiger partial charge in [0.15, 0.2) is 0 Å². The third kappa shape index (κ3) is 4.39. The van der Waals surface area contributed by atoms with Crippen molar-refractivity contribution >= 4 is 43.6 Å². The Balaban J connectivity index is 1.47. The monoisotopic (exact) mass is 483 g/mol. The highest BCUT2D eigenvalue weighted by molar-refractivity contribution is 7.89. The molecule has 0 radical (unpaired) electrons. The minimum Gasteiger partial charge on any atom is -0.444 e. The van der Waals surface area contributed by atoms with Gasteiger partial charge in [-0.25, -0.2) is 27.9 Å². The molecule has 2 N–H and O–H groups in total. The summed E-state index contributed by atoms with van der Waals surface area (Å²) in [6.45, 7) is 8.43. The van der Waals surface area contributed by atoms with Gasteiger partial charge in [0, 0.05) is 29.5 Å². The van der Waals surface area contributed by atoms with Crippen LogP contribution in [0.5, 0.6) is 0 Å². The molecule has 1 fully saturated rings. The lowest BCUT2D eigenvalue weighted by atomic mass is 10.0. The van der Waals surface area contributed by atoms with E-state index < -0.39 is 15.6 Å². The van der Waals surface area contributed by atoms with Crippen molar-refractivity contribution < 1.29 is 17.9 Å². The van der Waals surface area contributed by atoms with Gasteiger partial charge in [-0.2, -0.15) is 0 Å². The second-order valence-corrected chi connectivity index (χ2v) is 12.0. The molecule has 1 aromatic carbocycles. The topological polar surface area (TPSA) is 117 Å². The van der Waals surface area contributed by atoms with Gasteiger partial charge in [0.25, 0.3) is 0 Å². The molecule has 9 nitrogen and oxygen atoms in total. The number of aromatic amines is 1. The Bertz CT molecular complexity index is 1430. The maximum Gasteiger partial charge on any atom is 0.410 e. The minimum absolute atomic E-state index is 0.221. The zero-order valence-electron chi connectivity index (χ0n) is 19.8. The number of aromatic nitrogens is 3. The summed E-state index contributed by atoms with van der Waals surface area (Å²) in [6, 6.07) is 5.08. The summed E-state index contributed by atoms with van der Waals surface area (Å²) in [6.07, 6.45) is 5.49. The number of sulfonamides is 1. The van der Waals surface area contributed by atoms with E-state index in [0.717, 1.165) is 34.9 Å². The van der Waals surface area contributed by atoms with Crippen LogP contribution in [0.2, 0.25) is 0 Å². The van der Waals surface area contributed by atoms with Gasteiger partial charge >= 0.3 is 6.09 Å². The van der Waals surface area contributed by atoms with Crippen molar-refractivity contribution in [3.63, 3.8) is 0 Å². The molecule has 2 aliphatic rings. The summed E-state index contributed by atoms with van der Waals surface area (Å²) in [5.74, 6) is 0. The normalized spacial score (nSPS) is 18.2. The first-order chi connectivity index (χ1) is 15.9. The van der Waals surface area contributed by atoms with Gasteiger partial charge in [-0.3, -0.25) is 0 Å². The molecule has 2 aromatic heterocycles. The van der Waals surface area contributed by atoms with Crippen LogP contribution in [0.15, 0.2) is 35.5 Å². The number of carbonyl (C=O) groups is 1. The standard InChI is InChI=1S/C24H29N5O4S/c1-23(2,3)33-22(30)29-11-7-15(8-12-29)20-19-17-6-5-16(34(31,32)28-24(4)9-10-24)13-18(17)27-21(19)26-14-25-20/h5-7,13-14,28H,8-12H2,1-4H3,(H,25,26,27). The van der Waals surface area contributed by atoms with E-state index in [2.05, 4.69) is 19.7 Å². The molecule has 0 bridgehead atoms. The van der Waals surface area contributed by atoms with Gasteiger partial charge in [0.05, 0.1) is 16.0 Å².